The van der Waals surface area contributed by atoms with Crippen LogP contribution in [0.4, 0.5) is 5.69 Å². The van der Waals surface area contributed by atoms with Crippen molar-refractivity contribution in [2.75, 3.05) is 5.32 Å². The molecule has 0 saturated heterocycles. The summed E-state index contributed by atoms with van der Waals surface area (Å²) in [6.45, 7) is 0.0531. The lowest BCUT2D eigenvalue weighted by atomic mass is 10.1. The predicted octanol–water partition coefficient (Wildman–Crippen LogP) is 2.98. The van der Waals surface area contributed by atoms with E-state index < -0.39 is 0 Å². The van der Waals surface area contributed by atoms with Crippen LogP contribution in [0.1, 0.15) is 29.2 Å². The largest absolute Gasteiger partial charge is 0.508 e. The number of phenols is 1. The summed E-state index contributed by atoms with van der Waals surface area (Å²) < 4.78 is 0. The van der Waals surface area contributed by atoms with Gasteiger partial charge in [0.25, 0.3) is 0 Å². The molecule has 19 heavy (non-hydrogen) atoms. The van der Waals surface area contributed by atoms with Gasteiger partial charge in [-0.15, -0.1) is 0 Å². The first-order valence-electron chi connectivity index (χ1n) is 6.55. The maximum absolute atomic E-state index is 9.84. The van der Waals surface area contributed by atoms with Gasteiger partial charge in [-0.05, 0) is 47.7 Å². The molecule has 3 N–H and O–H groups in total. The molecule has 2 aromatic carbocycles. The zero-order valence-electron chi connectivity index (χ0n) is 10.6. The van der Waals surface area contributed by atoms with Gasteiger partial charge in [-0.2, -0.15) is 0 Å². The van der Waals surface area contributed by atoms with Gasteiger partial charge in [0, 0.05) is 5.69 Å². The summed E-state index contributed by atoms with van der Waals surface area (Å²) in [6.07, 6.45) is 1.88. The van der Waals surface area contributed by atoms with E-state index in [0.717, 1.165) is 29.7 Å². The minimum Gasteiger partial charge on any atom is -0.508 e. The second kappa shape index (κ2) is 4.94. The van der Waals surface area contributed by atoms with Crippen molar-refractivity contribution in [3.8, 4) is 5.75 Å². The molecule has 1 unspecified atom stereocenters. The number of nitrogens with one attached hydrogen (secondary N) is 1. The van der Waals surface area contributed by atoms with E-state index in [1.807, 2.05) is 30.3 Å². The fourth-order valence-corrected chi connectivity index (χ4v) is 2.75. The lowest BCUT2D eigenvalue weighted by Gasteiger charge is -2.16. The number of phenolic OH excluding ortho intramolecular Hbond substituents is 1. The molecule has 1 atom stereocenters. The van der Waals surface area contributed by atoms with Crippen molar-refractivity contribution in [1.29, 1.82) is 0 Å². The molecule has 3 rings (SSSR count). The Bertz CT molecular complexity index is 595. The van der Waals surface area contributed by atoms with Gasteiger partial charge in [0.05, 0.1) is 12.6 Å². The first kappa shape index (κ1) is 12.1. The number of hydrogen-bond donors (Lipinski definition) is 3. The topological polar surface area (TPSA) is 52.5 Å². The minimum absolute atomic E-state index is 0.0531. The van der Waals surface area contributed by atoms with Gasteiger partial charge < -0.3 is 15.5 Å². The standard InChI is InChI=1S/C16H17NO2/c18-10-11-3-1-4-12(9-11)17-15-8-7-14-13(15)5-2-6-16(14)19/h1-6,9,15,17-19H,7-8,10H2. The molecule has 0 radical (unpaired) electrons. The highest BCUT2D eigenvalue weighted by Gasteiger charge is 2.24. The third kappa shape index (κ3) is 2.29. The van der Waals surface area contributed by atoms with Crippen LogP contribution in [0.2, 0.25) is 0 Å². The van der Waals surface area contributed by atoms with Gasteiger partial charge in [-0.25, -0.2) is 0 Å². The third-order valence-electron chi connectivity index (χ3n) is 3.70. The van der Waals surface area contributed by atoms with Gasteiger partial charge >= 0.3 is 0 Å². The molecule has 2 aromatic rings. The summed E-state index contributed by atoms with van der Waals surface area (Å²) in [6, 6.07) is 13.7. The molecule has 0 heterocycles. The van der Waals surface area contributed by atoms with Crippen LogP contribution < -0.4 is 5.32 Å². The molecule has 0 amide bonds. The first-order chi connectivity index (χ1) is 9.28. The Morgan fingerprint density at radius 1 is 1.16 bits per heavy atom. The Hall–Kier alpha value is -2.00. The van der Waals surface area contributed by atoms with Crippen molar-refractivity contribution in [3.05, 3.63) is 59.2 Å². The summed E-state index contributed by atoms with van der Waals surface area (Å²) in [5.74, 6) is 0.394. The van der Waals surface area contributed by atoms with Crippen molar-refractivity contribution in [3.63, 3.8) is 0 Å². The van der Waals surface area contributed by atoms with Gasteiger partial charge in [-0.3, -0.25) is 0 Å². The summed E-state index contributed by atoms with van der Waals surface area (Å²) >= 11 is 0. The van der Waals surface area contributed by atoms with Gasteiger partial charge in [0.1, 0.15) is 5.75 Å². The third-order valence-corrected chi connectivity index (χ3v) is 3.70. The van der Waals surface area contributed by atoms with Crippen molar-refractivity contribution >= 4 is 5.69 Å². The number of anilines is 1. The van der Waals surface area contributed by atoms with Crippen LogP contribution >= 0.6 is 0 Å². The maximum atomic E-state index is 9.84. The molecule has 98 valence electrons. The zero-order chi connectivity index (χ0) is 13.2. The minimum atomic E-state index is 0.0531. The average Bonchev–Trinajstić information content (AvgIpc) is 2.84. The van der Waals surface area contributed by atoms with E-state index in [2.05, 4.69) is 11.4 Å². The molecule has 0 aliphatic heterocycles. The van der Waals surface area contributed by atoms with Crippen molar-refractivity contribution < 1.29 is 10.2 Å². The Morgan fingerprint density at radius 3 is 2.84 bits per heavy atom. The lowest BCUT2D eigenvalue weighted by molar-refractivity contribution is 0.282. The van der Waals surface area contributed by atoms with Crippen molar-refractivity contribution in [2.24, 2.45) is 0 Å². The summed E-state index contributed by atoms with van der Waals surface area (Å²) in [5, 5.41) is 22.5. The average molecular weight is 255 g/mol. The second-order valence-corrected chi connectivity index (χ2v) is 4.94. The van der Waals surface area contributed by atoms with Crippen LogP contribution in [0, 0.1) is 0 Å². The van der Waals surface area contributed by atoms with E-state index in [4.69, 9.17) is 5.11 Å². The normalized spacial score (nSPS) is 17.2. The number of aliphatic hydroxyl groups is 1. The Kier molecular flexibility index (Phi) is 3.13. The van der Waals surface area contributed by atoms with Crippen molar-refractivity contribution in [1.82, 2.24) is 0 Å². The van der Waals surface area contributed by atoms with E-state index in [1.165, 1.54) is 5.56 Å². The van der Waals surface area contributed by atoms with E-state index in [0.29, 0.717) is 5.75 Å². The van der Waals surface area contributed by atoms with Crippen LogP contribution in [0.5, 0.6) is 5.75 Å². The quantitative estimate of drug-likeness (QED) is 0.790. The number of rotatable bonds is 3. The van der Waals surface area contributed by atoms with Crippen LogP contribution in [0.25, 0.3) is 0 Å². The Labute approximate surface area is 112 Å². The highest BCUT2D eigenvalue weighted by atomic mass is 16.3. The summed E-state index contributed by atoms with van der Waals surface area (Å²) in [4.78, 5) is 0. The van der Waals surface area contributed by atoms with Gasteiger partial charge in [-0.1, -0.05) is 24.3 Å². The lowest BCUT2D eigenvalue weighted by Crippen LogP contribution is -2.07. The molecule has 0 saturated carbocycles. The van der Waals surface area contributed by atoms with Gasteiger partial charge in [0.2, 0.25) is 0 Å². The fraction of sp³-hybridized carbons (Fsp3) is 0.250. The molecule has 0 spiro atoms. The maximum Gasteiger partial charge on any atom is 0.119 e. The molecule has 0 aromatic heterocycles. The van der Waals surface area contributed by atoms with Crippen molar-refractivity contribution in [2.45, 2.75) is 25.5 Å². The van der Waals surface area contributed by atoms with Crippen LogP contribution in [0.15, 0.2) is 42.5 Å². The molecule has 1 aliphatic carbocycles. The van der Waals surface area contributed by atoms with Crippen LogP contribution in [-0.2, 0) is 13.0 Å². The number of aromatic hydroxyl groups is 1. The molecular weight excluding hydrogens is 238 g/mol. The molecule has 0 bridgehead atoms. The van der Waals surface area contributed by atoms with Gasteiger partial charge in [0.15, 0.2) is 0 Å². The highest BCUT2D eigenvalue weighted by Crippen LogP contribution is 2.38. The Morgan fingerprint density at radius 2 is 2.00 bits per heavy atom. The summed E-state index contributed by atoms with van der Waals surface area (Å²) in [7, 11) is 0. The van der Waals surface area contributed by atoms with E-state index >= 15 is 0 Å². The summed E-state index contributed by atoms with van der Waals surface area (Å²) in [5.41, 5.74) is 4.14. The monoisotopic (exact) mass is 255 g/mol. The number of aliphatic hydroxyl groups excluding tert-OH is 1. The van der Waals surface area contributed by atoms with E-state index in [1.54, 1.807) is 6.07 Å². The predicted molar refractivity (Wildman–Crippen MR) is 75.2 cm³/mol. The fourth-order valence-electron chi connectivity index (χ4n) is 2.75. The molecule has 1 aliphatic rings. The Balaban J connectivity index is 1.84. The SMILES string of the molecule is OCc1cccc(NC2CCc3c(O)cccc32)c1. The smallest absolute Gasteiger partial charge is 0.119 e. The van der Waals surface area contributed by atoms with Crippen LogP contribution in [-0.4, -0.2) is 10.2 Å². The van der Waals surface area contributed by atoms with Crippen LogP contribution in [0.3, 0.4) is 0 Å². The second-order valence-electron chi connectivity index (χ2n) is 4.94. The zero-order valence-corrected chi connectivity index (χ0v) is 10.6. The molecular formula is C16H17NO2. The van der Waals surface area contributed by atoms with E-state index in [9.17, 15) is 5.11 Å². The number of benzene rings is 2. The van der Waals surface area contributed by atoms with E-state index in [-0.39, 0.29) is 12.6 Å². The number of hydrogen-bond acceptors (Lipinski definition) is 3. The number of fused-ring (bicyclic) bond motifs is 1. The molecule has 3 heteroatoms. The first-order valence-corrected chi connectivity index (χ1v) is 6.55. The highest BCUT2D eigenvalue weighted by molar-refractivity contribution is 5.52. The molecule has 0 fully saturated rings. The molecule has 3 nitrogen and oxygen atoms in total.